The Morgan fingerprint density at radius 3 is 2.74 bits per heavy atom. The molecule has 110 valence electrons. The SMILES string of the molecule is CCCC1(C(=O)O)CCCN(C(=O)CCCNC)C1. The molecule has 19 heavy (non-hydrogen) atoms. The van der Waals surface area contributed by atoms with Gasteiger partial charge in [-0.3, -0.25) is 9.59 Å². The lowest BCUT2D eigenvalue weighted by molar-refractivity contribution is -0.155. The topological polar surface area (TPSA) is 69.6 Å². The fraction of sp³-hybridized carbons (Fsp3) is 0.857. The van der Waals surface area contributed by atoms with Crippen LogP contribution in [0.15, 0.2) is 0 Å². The third kappa shape index (κ3) is 4.20. The minimum atomic E-state index is -0.748. The average molecular weight is 270 g/mol. The van der Waals surface area contributed by atoms with Crippen LogP contribution >= 0.6 is 0 Å². The van der Waals surface area contributed by atoms with Gasteiger partial charge in [-0.1, -0.05) is 13.3 Å². The molecular weight excluding hydrogens is 244 g/mol. The molecule has 0 bridgehead atoms. The second-order valence-corrected chi connectivity index (χ2v) is 5.46. The second-order valence-electron chi connectivity index (χ2n) is 5.46. The third-order valence-electron chi connectivity index (χ3n) is 3.93. The summed E-state index contributed by atoms with van der Waals surface area (Å²) < 4.78 is 0. The molecule has 1 unspecified atom stereocenters. The van der Waals surface area contributed by atoms with Crippen molar-refractivity contribution in [1.29, 1.82) is 0 Å². The van der Waals surface area contributed by atoms with Gasteiger partial charge in [0.25, 0.3) is 0 Å². The van der Waals surface area contributed by atoms with E-state index in [1.807, 2.05) is 14.0 Å². The summed E-state index contributed by atoms with van der Waals surface area (Å²) in [5.74, 6) is -0.654. The van der Waals surface area contributed by atoms with Crippen LogP contribution in [0.5, 0.6) is 0 Å². The van der Waals surface area contributed by atoms with Crippen molar-refractivity contribution in [3.8, 4) is 0 Å². The number of likely N-dealkylation sites (tertiary alicyclic amines) is 1. The van der Waals surface area contributed by atoms with Crippen LogP contribution in [0.4, 0.5) is 0 Å². The first kappa shape index (κ1) is 16.0. The summed E-state index contributed by atoms with van der Waals surface area (Å²) in [5.41, 5.74) is -0.717. The van der Waals surface area contributed by atoms with E-state index >= 15 is 0 Å². The summed E-state index contributed by atoms with van der Waals surface area (Å²) in [7, 11) is 1.86. The standard InChI is InChI=1S/C14H26N2O3/c1-3-7-14(13(18)19)8-5-10-16(11-14)12(17)6-4-9-15-2/h15H,3-11H2,1-2H3,(H,18,19). The lowest BCUT2D eigenvalue weighted by Gasteiger charge is -2.40. The number of aliphatic carboxylic acids is 1. The van der Waals surface area contributed by atoms with Crippen LogP contribution in [-0.2, 0) is 9.59 Å². The number of carboxylic acids is 1. The first-order valence-corrected chi connectivity index (χ1v) is 7.21. The van der Waals surface area contributed by atoms with Crippen LogP contribution in [0.2, 0.25) is 0 Å². The summed E-state index contributed by atoms with van der Waals surface area (Å²) in [6, 6.07) is 0. The number of carbonyl (C=O) groups excluding carboxylic acids is 1. The van der Waals surface area contributed by atoms with E-state index in [1.165, 1.54) is 0 Å². The normalized spacial score (nSPS) is 23.4. The van der Waals surface area contributed by atoms with Crippen molar-refractivity contribution in [3.05, 3.63) is 0 Å². The molecule has 1 rings (SSSR count). The number of nitrogens with zero attached hydrogens (tertiary/aromatic N) is 1. The smallest absolute Gasteiger partial charge is 0.311 e. The summed E-state index contributed by atoms with van der Waals surface area (Å²) in [6.07, 6.45) is 4.29. The van der Waals surface area contributed by atoms with Gasteiger partial charge in [-0.25, -0.2) is 0 Å². The zero-order valence-corrected chi connectivity index (χ0v) is 12.1. The summed E-state index contributed by atoms with van der Waals surface area (Å²) in [5, 5.41) is 12.5. The molecule has 0 aliphatic carbocycles. The Balaban J connectivity index is 2.61. The molecule has 1 amide bonds. The van der Waals surface area contributed by atoms with Gasteiger partial charge in [0.05, 0.1) is 5.41 Å². The number of amides is 1. The lowest BCUT2D eigenvalue weighted by Crippen LogP contribution is -2.49. The molecule has 0 aromatic carbocycles. The molecule has 0 spiro atoms. The minimum absolute atomic E-state index is 0.0941. The van der Waals surface area contributed by atoms with Gasteiger partial charge >= 0.3 is 5.97 Å². The summed E-state index contributed by atoms with van der Waals surface area (Å²) in [4.78, 5) is 25.4. The molecular formula is C14H26N2O3. The highest BCUT2D eigenvalue weighted by molar-refractivity contribution is 5.79. The van der Waals surface area contributed by atoms with Gasteiger partial charge in [0.2, 0.25) is 5.91 Å². The molecule has 1 aliphatic heterocycles. The summed E-state index contributed by atoms with van der Waals surface area (Å²) >= 11 is 0. The quantitative estimate of drug-likeness (QED) is 0.688. The highest BCUT2D eigenvalue weighted by Crippen LogP contribution is 2.35. The van der Waals surface area contributed by atoms with E-state index in [2.05, 4.69) is 5.32 Å². The summed E-state index contributed by atoms with van der Waals surface area (Å²) in [6.45, 7) is 3.91. The average Bonchev–Trinajstić information content (AvgIpc) is 2.39. The van der Waals surface area contributed by atoms with Gasteiger partial charge in [0.15, 0.2) is 0 Å². The number of rotatable bonds is 7. The zero-order valence-electron chi connectivity index (χ0n) is 12.1. The van der Waals surface area contributed by atoms with E-state index in [-0.39, 0.29) is 5.91 Å². The van der Waals surface area contributed by atoms with Gasteiger partial charge < -0.3 is 15.3 Å². The van der Waals surface area contributed by atoms with E-state index in [4.69, 9.17) is 0 Å². The van der Waals surface area contributed by atoms with E-state index in [9.17, 15) is 14.7 Å². The number of carboxylic acid groups (broad SMARTS) is 1. The Morgan fingerprint density at radius 2 is 2.16 bits per heavy atom. The molecule has 1 atom stereocenters. The van der Waals surface area contributed by atoms with Crippen molar-refractivity contribution < 1.29 is 14.7 Å². The predicted molar refractivity (Wildman–Crippen MR) is 74.0 cm³/mol. The first-order valence-electron chi connectivity index (χ1n) is 7.21. The van der Waals surface area contributed by atoms with Crippen molar-refractivity contribution in [2.24, 2.45) is 5.41 Å². The molecule has 1 heterocycles. The highest BCUT2D eigenvalue weighted by Gasteiger charge is 2.42. The molecule has 0 aromatic heterocycles. The maximum absolute atomic E-state index is 12.1. The van der Waals surface area contributed by atoms with Crippen molar-refractivity contribution in [1.82, 2.24) is 10.2 Å². The van der Waals surface area contributed by atoms with Gasteiger partial charge in [-0.15, -0.1) is 0 Å². The molecule has 0 radical (unpaired) electrons. The zero-order chi connectivity index (χ0) is 14.3. The fourth-order valence-corrected chi connectivity index (χ4v) is 2.88. The number of nitrogens with one attached hydrogen (secondary N) is 1. The largest absolute Gasteiger partial charge is 0.481 e. The van der Waals surface area contributed by atoms with Crippen LogP contribution in [-0.4, -0.2) is 48.6 Å². The van der Waals surface area contributed by atoms with Crippen molar-refractivity contribution >= 4 is 11.9 Å². The Hall–Kier alpha value is -1.10. The van der Waals surface area contributed by atoms with E-state index < -0.39 is 11.4 Å². The first-order chi connectivity index (χ1) is 9.05. The van der Waals surface area contributed by atoms with Crippen molar-refractivity contribution in [3.63, 3.8) is 0 Å². The second kappa shape index (κ2) is 7.48. The molecule has 0 aromatic rings. The maximum Gasteiger partial charge on any atom is 0.311 e. The molecule has 1 saturated heterocycles. The molecule has 1 fully saturated rings. The molecule has 0 saturated carbocycles. The molecule has 5 heteroatoms. The number of hydrogen-bond donors (Lipinski definition) is 2. The highest BCUT2D eigenvalue weighted by atomic mass is 16.4. The Morgan fingerprint density at radius 1 is 1.42 bits per heavy atom. The predicted octanol–water partition coefficient (Wildman–Crippen LogP) is 1.48. The minimum Gasteiger partial charge on any atom is -0.481 e. The van der Waals surface area contributed by atoms with Crippen LogP contribution in [0.3, 0.4) is 0 Å². The molecule has 5 nitrogen and oxygen atoms in total. The van der Waals surface area contributed by atoms with E-state index in [1.54, 1.807) is 4.90 Å². The van der Waals surface area contributed by atoms with Gasteiger partial charge in [-0.05, 0) is 39.3 Å². The molecule has 2 N–H and O–H groups in total. The van der Waals surface area contributed by atoms with E-state index in [0.717, 1.165) is 25.8 Å². The third-order valence-corrected chi connectivity index (χ3v) is 3.93. The van der Waals surface area contributed by atoms with Crippen LogP contribution in [0.25, 0.3) is 0 Å². The van der Waals surface area contributed by atoms with Gasteiger partial charge in [-0.2, -0.15) is 0 Å². The van der Waals surface area contributed by atoms with Gasteiger partial charge in [0, 0.05) is 19.5 Å². The monoisotopic (exact) mass is 270 g/mol. The number of piperidine rings is 1. The van der Waals surface area contributed by atoms with Crippen LogP contribution in [0, 0.1) is 5.41 Å². The van der Waals surface area contributed by atoms with Crippen LogP contribution < -0.4 is 5.32 Å². The maximum atomic E-state index is 12.1. The Labute approximate surface area is 115 Å². The van der Waals surface area contributed by atoms with Crippen LogP contribution in [0.1, 0.15) is 45.4 Å². The number of carbonyl (C=O) groups is 2. The Kier molecular flexibility index (Phi) is 6.28. The van der Waals surface area contributed by atoms with Crippen molar-refractivity contribution in [2.45, 2.75) is 45.4 Å². The lowest BCUT2D eigenvalue weighted by atomic mass is 9.76. The van der Waals surface area contributed by atoms with E-state index in [0.29, 0.717) is 32.4 Å². The number of hydrogen-bond acceptors (Lipinski definition) is 3. The Bertz CT molecular complexity index is 316. The van der Waals surface area contributed by atoms with Crippen molar-refractivity contribution in [2.75, 3.05) is 26.7 Å². The fourth-order valence-electron chi connectivity index (χ4n) is 2.88. The molecule has 1 aliphatic rings. The van der Waals surface area contributed by atoms with Gasteiger partial charge in [0.1, 0.15) is 0 Å².